The number of nitrogens with one attached hydrogen (secondary N) is 1. The van der Waals surface area contributed by atoms with Crippen LogP contribution in [0.15, 0.2) is 24.3 Å². The van der Waals surface area contributed by atoms with Crippen molar-refractivity contribution in [2.45, 2.75) is 44.1 Å². The van der Waals surface area contributed by atoms with E-state index in [1.165, 1.54) is 16.8 Å². The average Bonchev–Trinajstić information content (AvgIpc) is 3.10. The van der Waals surface area contributed by atoms with E-state index in [9.17, 15) is 26.7 Å². The van der Waals surface area contributed by atoms with Gasteiger partial charge in [0.25, 0.3) is 12.3 Å². The molecule has 2 aromatic rings. The van der Waals surface area contributed by atoms with Gasteiger partial charge in [0.05, 0.1) is 11.6 Å². The molecule has 1 aromatic carbocycles. The van der Waals surface area contributed by atoms with Crippen LogP contribution in [0.25, 0.3) is 0 Å². The number of aryl methyl sites for hydroxylation is 1. The molecule has 1 N–H and O–H groups in total. The van der Waals surface area contributed by atoms with Crippen LogP contribution < -0.4 is 14.8 Å². The van der Waals surface area contributed by atoms with Crippen LogP contribution in [-0.2, 0) is 19.1 Å². The van der Waals surface area contributed by atoms with Crippen LogP contribution in [0.1, 0.15) is 28.0 Å². The third-order valence-electron chi connectivity index (χ3n) is 4.78. The topological polar surface area (TPSA) is 65.4 Å². The highest BCUT2D eigenvalue weighted by molar-refractivity contribution is 5.92. The van der Waals surface area contributed by atoms with Crippen molar-refractivity contribution in [2.75, 3.05) is 6.61 Å². The summed E-state index contributed by atoms with van der Waals surface area (Å²) in [5.74, 6) is -0.174. The number of carbonyl (C=O) groups is 1. The third-order valence-corrected chi connectivity index (χ3v) is 4.78. The van der Waals surface area contributed by atoms with Crippen LogP contribution in [0.2, 0.25) is 0 Å². The summed E-state index contributed by atoms with van der Waals surface area (Å²) < 4.78 is 76.2. The van der Waals surface area contributed by atoms with Gasteiger partial charge in [-0.15, -0.1) is 0 Å². The predicted molar refractivity (Wildman–Crippen MR) is 89.2 cm³/mol. The Morgan fingerprint density at radius 3 is 2.79 bits per heavy atom. The lowest BCUT2D eigenvalue weighted by atomic mass is 10.00. The Kier molecular flexibility index (Phi) is 4.83. The Bertz CT molecular complexity index is 928. The lowest BCUT2D eigenvalue weighted by molar-refractivity contribution is -0.137. The molecule has 1 amide bonds. The van der Waals surface area contributed by atoms with Gasteiger partial charge < -0.3 is 14.8 Å². The lowest BCUT2D eigenvalue weighted by Crippen LogP contribution is -2.43. The van der Waals surface area contributed by atoms with E-state index < -0.39 is 36.2 Å². The summed E-state index contributed by atoms with van der Waals surface area (Å²) in [6.45, 7) is 0.277. The molecule has 29 heavy (non-hydrogen) atoms. The molecule has 0 spiro atoms. The van der Waals surface area contributed by atoms with E-state index in [1.807, 2.05) is 0 Å². The quantitative estimate of drug-likeness (QED) is 0.780. The highest BCUT2D eigenvalue weighted by Crippen LogP contribution is 2.34. The number of aromatic nitrogens is 2. The first-order chi connectivity index (χ1) is 13.7. The number of fused-ring (bicyclic) bond motifs is 2. The fraction of sp³-hybridized carbons (Fsp3) is 0.444. The maximum atomic E-state index is 12.9. The van der Waals surface area contributed by atoms with Crippen LogP contribution in [0.4, 0.5) is 22.0 Å². The first kappa shape index (κ1) is 19.5. The highest BCUT2D eigenvalue weighted by atomic mass is 19.4. The molecule has 2 aliphatic rings. The number of hydrogen-bond donors (Lipinski definition) is 1. The molecular weight excluding hydrogens is 401 g/mol. The molecule has 1 aromatic heterocycles. The van der Waals surface area contributed by atoms with Gasteiger partial charge in [0.2, 0.25) is 5.88 Å². The molecule has 2 aliphatic heterocycles. The Morgan fingerprint density at radius 1 is 1.28 bits per heavy atom. The molecule has 3 heterocycles. The molecule has 2 atom stereocenters. The number of benzene rings is 1. The molecule has 0 saturated heterocycles. The zero-order chi connectivity index (χ0) is 20.8. The SMILES string of the molecule is O=C(NC1COc2ccc(C(F)(F)F)cc2C1)c1cc2n(n1)CCC(C(F)F)O2. The highest BCUT2D eigenvalue weighted by Gasteiger charge is 2.33. The van der Waals surface area contributed by atoms with E-state index in [2.05, 4.69) is 10.4 Å². The second-order valence-corrected chi connectivity index (χ2v) is 6.88. The van der Waals surface area contributed by atoms with Crippen LogP contribution in [0, 0.1) is 0 Å². The van der Waals surface area contributed by atoms with Gasteiger partial charge in [-0.2, -0.15) is 18.3 Å². The molecule has 2 unspecified atom stereocenters. The van der Waals surface area contributed by atoms with E-state index in [4.69, 9.17) is 9.47 Å². The van der Waals surface area contributed by atoms with Gasteiger partial charge in [0.1, 0.15) is 12.4 Å². The number of nitrogens with zero attached hydrogens (tertiary/aromatic N) is 2. The van der Waals surface area contributed by atoms with Crippen LogP contribution in [0.5, 0.6) is 11.6 Å². The van der Waals surface area contributed by atoms with Gasteiger partial charge in [-0.1, -0.05) is 0 Å². The number of rotatable bonds is 3. The van der Waals surface area contributed by atoms with E-state index in [1.54, 1.807) is 0 Å². The monoisotopic (exact) mass is 417 g/mol. The predicted octanol–water partition coefficient (Wildman–Crippen LogP) is 3.05. The zero-order valence-electron chi connectivity index (χ0n) is 14.9. The standard InChI is InChI=1S/C18H16F5N3O3/c19-16(20)14-3-4-26-15(29-14)7-12(25-26)17(27)24-11-6-9-5-10(18(21,22)23)1-2-13(9)28-8-11/h1-2,5,7,11,14,16H,3-4,6,8H2,(H,24,27). The Balaban J connectivity index is 1.44. The molecule has 156 valence electrons. The zero-order valence-corrected chi connectivity index (χ0v) is 14.9. The van der Waals surface area contributed by atoms with Crippen molar-refractivity contribution in [3.63, 3.8) is 0 Å². The van der Waals surface area contributed by atoms with Crippen molar-refractivity contribution in [3.8, 4) is 11.6 Å². The molecular formula is C18H16F5N3O3. The smallest absolute Gasteiger partial charge is 0.416 e. The summed E-state index contributed by atoms with van der Waals surface area (Å²) in [6.07, 6.45) is -8.14. The van der Waals surface area contributed by atoms with E-state index in [0.717, 1.165) is 12.1 Å². The van der Waals surface area contributed by atoms with Crippen LogP contribution >= 0.6 is 0 Å². The van der Waals surface area contributed by atoms with Crippen LogP contribution in [-0.4, -0.2) is 40.9 Å². The van der Waals surface area contributed by atoms with Crippen molar-refractivity contribution >= 4 is 5.91 Å². The van der Waals surface area contributed by atoms with Crippen molar-refractivity contribution < 1.29 is 36.2 Å². The summed E-state index contributed by atoms with van der Waals surface area (Å²) in [5, 5.41) is 6.70. The van der Waals surface area contributed by atoms with Gasteiger partial charge in [-0.25, -0.2) is 13.5 Å². The van der Waals surface area contributed by atoms with Crippen molar-refractivity contribution in [1.82, 2.24) is 15.1 Å². The van der Waals surface area contributed by atoms with Crippen molar-refractivity contribution in [1.29, 1.82) is 0 Å². The maximum Gasteiger partial charge on any atom is 0.416 e. The van der Waals surface area contributed by atoms with E-state index in [-0.39, 0.29) is 37.6 Å². The molecule has 0 aliphatic carbocycles. The Hall–Kier alpha value is -2.85. The number of ether oxygens (including phenoxy) is 2. The molecule has 0 bridgehead atoms. The Labute approximate surface area is 161 Å². The molecule has 0 fully saturated rings. The van der Waals surface area contributed by atoms with Gasteiger partial charge in [-0.3, -0.25) is 4.79 Å². The molecule has 4 rings (SSSR count). The summed E-state index contributed by atoms with van der Waals surface area (Å²) in [6, 6.07) is 3.91. The molecule has 0 radical (unpaired) electrons. The van der Waals surface area contributed by atoms with E-state index in [0.29, 0.717) is 11.3 Å². The van der Waals surface area contributed by atoms with Gasteiger partial charge in [0.15, 0.2) is 11.8 Å². The third kappa shape index (κ3) is 3.99. The normalized spacial score (nSPS) is 21.0. The fourth-order valence-corrected chi connectivity index (χ4v) is 3.33. The van der Waals surface area contributed by atoms with E-state index >= 15 is 0 Å². The summed E-state index contributed by atoms with van der Waals surface area (Å²) in [4.78, 5) is 12.5. The van der Waals surface area contributed by atoms with Crippen LogP contribution in [0.3, 0.4) is 0 Å². The minimum Gasteiger partial charge on any atom is -0.491 e. The molecule has 0 saturated carbocycles. The first-order valence-corrected chi connectivity index (χ1v) is 8.87. The van der Waals surface area contributed by atoms with Crippen molar-refractivity contribution in [2.24, 2.45) is 0 Å². The number of amides is 1. The molecule has 6 nitrogen and oxygen atoms in total. The van der Waals surface area contributed by atoms with Gasteiger partial charge in [-0.05, 0) is 30.2 Å². The summed E-state index contributed by atoms with van der Waals surface area (Å²) in [5.41, 5.74) is -0.479. The lowest BCUT2D eigenvalue weighted by Gasteiger charge is -2.26. The minimum absolute atomic E-state index is 0.0234. The number of halogens is 5. The van der Waals surface area contributed by atoms with Crippen molar-refractivity contribution in [3.05, 3.63) is 41.1 Å². The van der Waals surface area contributed by atoms with Gasteiger partial charge >= 0.3 is 6.18 Å². The first-order valence-electron chi connectivity index (χ1n) is 8.87. The minimum atomic E-state index is -4.48. The summed E-state index contributed by atoms with van der Waals surface area (Å²) >= 11 is 0. The molecule has 11 heteroatoms. The largest absolute Gasteiger partial charge is 0.491 e. The van der Waals surface area contributed by atoms with Gasteiger partial charge in [0, 0.05) is 19.0 Å². The number of carbonyl (C=O) groups excluding carboxylic acids is 1. The Morgan fingerprint density at radius 2 is 2.07 bits per heavy atom. The summed E-state index contributed by atoms with van der Waals surface area (Å²) in [7, 11) is 0. The second-order valence-electron chi connectivity index (χ2n) is 6.88. The fourth-order valence-electron chi connectivity index (χ4n) is 3.33. The average molecular weight is 417 g/mol. The maximum absolute atomic E-state index is 12.9. The number of hydrogen-bond acceptors (Lipinski definition) is 4. The number of alkyl halides is 5. The second kappa shape index (κ2) is 7.20.